The van der Waals surface area contributed by atoms with Crippen LogP contribution in [-0.2, 0) is 0 Å². The van der Waals surface area contributed by atoms with Crippen molar-refractivity contribution in [3.8, 4) is 22.9 Å². The van der Waals surface area contributed by atoms with E-state index < -0.39 is 0 Å². The highest BCUT2D eigenvalue weighted by Gasteiger charge is 2.21. The minimum absolute atomic E-state index is 0.221. The van der Waals surface area contributed by atoms with Gasteiger partial charge in [0.2, 0.25) is 0 Å². The van der Waals surface area contributed by atoms with Crippen LogP contribution in [0.2, 0.25) is 0 Å². The van der Waals surface area contributed by atoms with E-state index in [1.165, 1.54) is 0 Å². The van der Waals surface area contributed by atoms with Crippen LogP contribution in [0.3, 0.4) is 0 Å². The topological polar surface area (TPSA) is 99.7 Å². The summed E-state index contributed by atoms with van der Waals surface area (Å²) in [5, 5.41) is 30.0. The van der Waals surface area contributed by atoms with Gasteiger partial charge in [0.05, 0.1) is 39.6 Å². The maximum Gasteiger partial charge on any atom is 0.163 e. The van der Waals surface area contributed by atoms with Crippen LogP contribution < -0.4 is 5.32 Å². The molecule has 0 saturated heterocycles. The van der Waals surface area contributed by atoms with Crippen molar-refractivity contribution >= 4 is 27.6 Å². The van der Waals surface area contributed by atoms with Crippen LogP contribution in [0.5, 0.6) is 0 Å². The number of para-hydroxylation sites is 1. The van der Waals surface area contributed by atoms with Crippen LogP contribution in [0.15, 0.2) is 67.0 Å². The number of rotatable bonds is 4. The molecule has 36 heavy (non-hydrogen) atoms. The minimum Gasteiger partial charge on any atom is -0.393 e. The highest BCUT2D eigenvalue weighted by Crippen LogP contribution is 2.33. The maximum absolute atomic E-state index is 9.84. The van der Waals surface area contributed by atoms with Gasteiger partial charge in [0.25, 0.3) is 0 Å². The Bertz CT molecular complexity index is 1620. The zero-order valence-corrected chi connectivity index (χ0v) is 20.0. The van der Waals surface area contributed by atoms with E-state index in [1.54, 1.807) is 6.20 Å². The number of anilines is 1. The van der Waals surface area contributed by atoms with Gasteiger partial charge in [-0.2, -0.15) is 10.4 Å². The molecule has 178 valence electrons. The van der Waals surface area contributed by atoms with Gasteiger partial charge in [-0.1, -0.05) is 18.2 Å². The number of fused-ring (bicyclic) bond motifs is 2. The number of hydrogen-bond acceptors (Lipinski definition) is 6. The highest BCUT2D eigenvalue weighted by atomic mass is 16.3. The average Bonchev–Trinajstić information content (AvgIpc) is 3.26. The zero-order chi connectivity index (χ0) is 24.6. The number of nitrogens with one attached hydrogen (secondary N) is 1. The first-order valence-corrected chi connectivity index (χ1v) is 12.3. The second-order valence-corrected chi connectivity index (χ2v) is 9.46. The van der Waals surface area contributed by atoms with Gasteiger partial charge in [-0.25, -0.2) is 9.67 Å². The van der Waals surface area contributed by atoms with Crippen molar-refractivity contribution in [3.63, 3.8) is 0 Å². The normalized spacial score (nSPS) is 17.8. The molecule has 3 aromatic heterocycles. The molecule has 2 aromatic carbocycles. The Labute approximate surface area is 209 Å². The van der Waals surface area contributed by atoms with Crippen molar-refractivity contribution in [1.29, 1.82) is 5.26 Å². The molecular weight excluding hydrogens is 448 g/mol. The molecule has 0 aliphatic heterocycles. The molecule has 7 nitrogen and oxygen atoms in total. The summed E-state index contributed by atoms with van der Waals surface area (Å²) in [6.07, 6.45) is 6.80. The molecule has 2 N–H and O–H groups in total. The monoisotopic (exact) mass is 474 g/mol. The van der Waals surface area contributed by atoms with Crippen LogP contribution in [0.4, 0.5) is 5.69 Å². The van der Waals surface area contributed by atoms with Crippen molar-refractivity contribution in [1.82, 2.24) is 19.7 Å². The van der Waals surface area contributed by atoms with Crippen LogP contribution in [0.25, 0.3) is 38.8 Å². The fraction of sp³-hybridized carbons (Fsp3) is 0.241. The van der Waals surface area contributed by atoms with E-state index >= 15 is 0 Å². The third-order valence-electron chi connectivity index (χ3n) is 7.07. The molecule has 3 heterocycles. The number of nitriles is 1. The predicted octanol–water partition coefficient (Wildman–Crippen LogP) is 5.53. The lowest BCUT2D eigenvalue weighted by atomic mass is 9.93. The number of aliphatic hydroxyl groups is 1. The Morgan fingerprint density at radius 2 is 1.86 bits per heavy atom. The van der Waals surface area contributed by atoms with Gasteiger partial charge < -0.3 is 10.4 Å². The molecule has 0 spiro atoms. The molecule has 1 saturated carbocycles. The van der Waals surface area contributed by atoms with Gasteiger partial charge in [0, 0.05) is 29.4 Å². The molecule has 1 aliphatic rings. The van der Waals surface area contributed by atoms with Crippen molar-refractivity contribution < 1.29 is 5.11 Å². The molecule has 5 aromatic rings. The summed E-state index contributed by atoms with van der Waals surface area (Å²) in [7, 11) is 0. The fourth-order valence-corrected chi connectivity index (χ4v) is 5.18. The van der Waals surface area contributed by atoms with Gasteiger partial charge in [-0.15, -0.1) is 0 Å². The average molecular weight is 475 g/mol. The Kier molecular flexibility index (Phi) is 5.59. The van der Waals surface area contributed by atoms with E-state index in [9.17, 15) is 10.4 Å². The van der Waals surface area contributed by atoms with E-state index in [1.807, 2.05) is 60.3 Å². The van der Waals surface area contributed by atoms with Gasteiger partial charge in [-0.3, -0.25) is 4.98 Å². The summed E-state index contributed by atoms with van der Waals surface area (Å²) < 4.78 is 1.85. The molecule has 0 radical (unpaired) electrons. The molecule has 0 bridgehead atoms. The molecule has 0 atom stereocenters. The Morgan fingerprint density at radius 3 is 2.69 bits per heavy atom. The molecule has 0 amide bonds. The maximum atomic E-state index is 9.84. The molecular formula is C29H26N6O. The number of pyridine rings is 2. The van der Waals surface area contributed by atoms with Crippen molar-refractivity contribution in [2.75, 3.05) is 5.32 Å². The summed E-state index contributed by atoms with van der Waals surface area (Å²) in [4.78, 5) is 9.34. The lowest BCUT2D eigenvalue weighted by molar-refractivity contribution is 0.126. The molecule has 1 aliphatic carbocycles. The molecule has 1 fully saturated rings. The molecule has 7 heteroatoms. The summed E-state index contributed by atoms with van der Waals surface area (Å²) >= 11 is 0. The second kappa shape index (κ2) is 9.06. The number of aromatic nitrogens is 4. The first kappa shape index (κ1) is 22.2. The summed E-state index contributed by atoms with van der Waals surface area (Å²) in [6, 6.07) is 20.5. The number of nitrogens with zero attached hydrogens (tertiary/aromatic N) is 5. The number of hydrogen-bond donors (Lipinski definition) is 2. The summed E-state index contributed by atoms with van der Waals surface area (Å²) in [5.41, 5.74) is 6.87. The molecule has 0 unspecified atom stereocenters. The molecule has 6 rings (SSSR count). The van der Waals surface area contributed by atoms with Crippen LogP contribution >= 0.6 is 0 Å². The summed E-state index contributed by atoms with van der Waals surface area (Å²) in [6.45, 7) is 1.99. The van der Waals surface area contributed by atoms with Gasteiger partial charge >= 0.3 is 0 Å². The quantitative estimate of drug-likeness (QED) is 0.355. The first-order valence-electron chi connectivity index (χ1n) is 12.3. The zero-order valence-electron chi connectivity index (χ0n) is 20.0. The van der Waals surface area contributed by atoms with Crippen LogP contribution in [0.1, 0.15) is 36.9 Å². The fourth-order valence-electron chi connectivity index (χ4n) is 5.18. The third kappa shape index (κ3) is 3.96. The van der Waals surface area contributed by atoms with Gasteiger partial charge in [-0.05, 0) is 74.6 Å². The first-order chi connectivity index (χ1) is 17.6. The SMILES string of the molecule is Cc1nn(-c2ccc(C#N)c(N[C@H]3CC[C@H](O)CC3)c2)c2nccc(-c3cnc4ccccc4c3)c12. The van der Waals surface area contributed by atoms with E-state index in [4.69, 9.17) is 5.10 Å². The minimum atomic E-state index is -0.221. The van der Waals surface area contributed by atoms with Gasteiger partial charge in [0.1, 0.15) is 6.07 Å². The van der Waals surface area contributed by atoms with E-state index in [0.717, 1.165) is 75.8 Å². The highest BCUT2D eigenvalue weighted by molar-refractivity contribution is 5.97. The predicted molar refractivity (Wildman–Crippen MR) is 141 cm³/mol. The number of aryl methyl sites for hydroxylation is 1. The van der Waals surface area contributed by atoms with E-state index in [2.05, 4.69) is 33.5 Å². The van der Waals surface area contributed by atoms with Crippen molar-refractivity contribution in [2.24, 2.45) is 0 Å². The Balaban J connectivity index is 1.42. The third-order valence-corrected chi connectivity index (χ3v) is 7.07. The smallest absolute Gasteiger partial charge is 0.163 e. The Hall–Kier alpha value is -4.28. The van der Waals surface area contributed by atoms with E-state index in [-0.39, 0.29) is 12.1 Å². The standard InChI is InChI=1S/C29H26N6O/c1-18-28-25(21-14-19-4-2-3-5-26(19)32-17-21)12-13-31-29(28)35(34-18)23-9-6-20(16-30)27(15-23)33-22-7-10-24(36)11-8-22/h2-6,9,12-15,17,22,24,33,36H,7-8,10-11H2,1H3/t22-,24-. The van der Waals surface area contributed by atoms with Crippen LogP contribution in [-0.4, -0.2) is 37.0 Å². The summed E-state index contributed by atoms with van der Waals surface area (Å²) in [5.74, 6) is 0. The Morgan fingerprint density at radius 1 is 1.03 bits per heavy atom. The van der Waals surface area contributed by atoms with Crippen LogP contribution in [0, 0.1) is 18.3 Å². The van der Waals surface area contributed by atoms with Crippen molar-refractivity contribution in [3.05, 3.63) is 78.2 Å². The largest absolute Gasteiger partial charge is 0.393 e. The van der Waals surface area contributed by atoms with Crippen molar-refractivity contribution in [2.45, 2.75) is 44.8 Å². The lowest BCUT2D eigenvalue weighted by Crippen LogP contribution is -2.28. The second-order valence-electron chi connectivity index (χ2n) is 9.46. The lowest BCUT2D eigenvalue weighted by Gasteiger charge is -2.27. The number of benzene rings is 2. The van der Waals surface area contributed by atoms with Gasteiger partial charge in [0.15, 0.2) is 5.65 Å². The van der Waals surface area contributed by atoms with E-state index in [0.29, 0.717) is 5.56 Å². The number of aliphatic hydroxyl groups excluding tert-OH is 1.